The zero-order chi connectivity index (χ0) is 16.9. The Kier molecular flexibility index (Phi) is 5.94. The highest BCUT2D eigenvalue weighted by Gasteiger charge is 2.23. The van der Waals surface area contributed by atoms with E-state index in [2.05, 4.69) is 33.9 Å². The van der Waals surface area contributed by atoms with E-state index in [1.165, 1.54) is 35.9 Å². The summed E-state index contributed by atoms with van der Waals surface area (Å²) in [4.78, 5) is 13.5. The molecule has 1 aliphatic rings. The number of thioether (sulfide) groups is 1. The van der Waals surface area contributed by atoms with Gasteiger partial charge in [-0.25, -0.2) is 0 Å². The summed E-state index contributed by atoms with van der Waals surface area (Å²) in [7, 11) is 1.96. The average Bonchev–Trinajstić information content (AvgIpc) is 3.19. The van der Waals surface area contributed by atoms with Gasteiger partial charge in [0.05, 0.1) is 5.75 Å². The molecular weight excluding hydrogens is 340 g/mol. The van der Waals surface area contributed by atoms with Crippen LogP contribution in [0.15, 0.2) is 22.7 Å². The molecule has 0 spiro atoms. The predicted molar refractivity (Wildman–Crippen MR) is 98.4 cm³/mol. The van der Waals surface area contributed by atoms with Crippen molar-refractivity contribution < 1.29 is 4.79 Å². The van der Waals surface area contributed by atoms with Gasteiger partial charge in [0.15, 0.2) is 5.16 Å². The summed E-state index contributed by atoms with van der Waals surface area (Å²) < 4.78 is 1.99. The van der Waals surface area contributed by atoms with Crippen LogP contribution in [0.25, 0.3) is 0 Å². The van der Waals surface area contributed by atoms with Crippen LogP contribution in [0.3, 0.4) is 0 Å². The summed E-state index contributed by atoms with van der Waals surface area (Å²) in [5.74, 6) is 2.01. The fraction of sp³-hybridized carbons (Fsp3) is 0.588. The van der Waals surface area contributed by atoms with E-state index < -0.39 is 0 Å². The van der Waals surface area contributed by atoms with E-state index in [0.717, 1.165) is 23.8 Å². The van der Waals surface area contributed by atoms with Crippen LogP contribution in [0.1, 0.15) is 43.3 Å². The third-order valence-corrected chi connectivity index (χ3v) is 6.52. The normalized spacial score (nSPS) is 20.9. The summed E-state index contributed by atoms with van der Waals surface area (Å²) in [5.41, 5.74) is 0. The molecule has 2 heterocycles. The highest BCUT2D eigenvalue weighted by atomic mass is 32.2. The zero-order valence-electron chi connectivity index (χ0n) is 14.2. The quantitative estimate of drug-likeness (QED) is 0.799. The Balaban J connectivity index is 1.51. The van der Waals surface area contributed by atoms with Crippen LogP contribution >= 0.6 is 23.1 Å². The van der Waals surface area contributed by atoms with Crippen LogP contribution in [0, 0.1) is 5.92 Å². The molecule has 1 aliphatic carbocycles. The lowest BCUT2D eigenvalue weighted by atomic mass is 9.86. The van der Waals surface area contributed by atoms with E-state index in [-0.39, 0.29) is 5.91 Å². The van der Waals surface area contributed by atoms with E-state index in [1.807, 2.05) is 17.7 Å². The molecule has 7 heteroatoms. The van der Waals surface area contributed by atoms with Gasteiger partial charge in [0.1, 0.15) is 5.82 Å². The number of carbonyl (C=O) groups excluding carboxylic acids is 1. The Morgan fingerprint density at radius 2 is 2.25 bits per heavy atom. The lowest BCUT2D eigenvalue weighted by molar-refractivity contribution is -0.119. The van der Waals surface area contributed by atoms with Gasteiger partial charge in [-0.05, 0) is 30.2 Å². The molecule has 2 aromatic rings. The van der Waals surface area contributed by atoms with Crippen molar-refractivity contribution in [2.24, 2.45) is 13.0 Å². The molecule has 2 unspecified atom stereocenters. The van der Waals surface area contributed by atoms with Gasteiger partial charge in [0.25, 0.3) is 0 Å². The van der Waals surface area contributed by atoms with E-state index in [1.54, 1.807) is 11.3 Å². The second-order valence-corrected chi connectivity index (χ2v) is 8.41. The number of carbonyl (C=O) groups is 1. The third kappa shape index (κ3) is 4.39. The summed E-state index contributed by atoms with van der Waals surface area (Å²) >= 11 is 3.18. The van der Waals surface area contributed by atoms with E-state index in [9.17, 15) is 4.79 Å². The molecule has 1 saturated carbocycles. The maximum absolute atomic E-state index is 12.2. The molecule has 2 aromatic heterocycles. The lowest BCUT2D eigenvalue weighted by Crippen LogP contribution is -2.41. The monoisotopic (exact) mass is 364 g/mol. The average molecular weight is 365 g/mol. The SMILES string of the molecule is CC1CCCCC1NC(=O)CSc1nnc(Cc2cccs2)n1C. The van der Waals surface area contributed by atoms with Crippen molar-refractivity contribution in [2.45, 2.75) is 50.2 Å². The summed E-state index contributed by atoms with van der Waals surface area (Å²) in [6.07, 6.45) is 5.61. The Morgan fingerprint density at radius 3 is 3.00 bits per heavy atom. The number of rotatable bonds is 6. The molecule has 0 aromatic carbocycles. The maximum atomic E-state index is 12.2. The Morgan fingerprint density at radius 1 is 1.42 bits per heavy atom. The lowest BCUT2D eigenvalue weighted by Gasteiger charge is -2.29. The van der Waals surface area contributed by atoms with Crippen molar-refractivity contribution in [3.63, 3.8) is 0 Å². The van der Waals surface area contributed by atoms with Crippen molar-refractivity contribution in [3.05, 3.63) is 28.2 Å². The molecule has 0 aliphatic heterocycles. The van der Waals surface area contributed by atoms with E-state index in [0.29, 0.717) is 17.7 Å². The fourth-order valence-corrected chi connectivity index (χ4v) is 4.55. The van der Waals surface area contributed by atoms with Crippen LogP contribution in [-0.2, 0) is 18.3 Å². The number of nitrogens with one attached hydrogen (secondary N) is 1. The van der Waals surface area contributed by atoms with Gasteiger partial charge >= 0.3 is 0 Å². The molecule has 1 N–H and O–H groups in total. The van der Waals surface area contributed by atoms with Gasteiger partial charge in [0.2, 0.25) is 5.91 Å². The molecule has 130 valence electrons. The van der Waals surface area contributed by atoms with Crippen molar-refractivity contribution in [3.8, 4) is 0 Å². The van der Waals surface area contributed by atoms with Gasteiger partial charge in [-0.2, -0.15) is 0 Å². The summed E-state index contributed by atoms with van der Waals surface area (Å²) in [5, 5.41) is 14.5. The first-order valence-corrected chi connectivity index (χ1v) is 10.3. The van der Waals surface area contributed by atoms with Gasteiger partial charge in [-0.3, -0.25) is 4.79 Å². The number of nitrogens with zero attached hydrogens (tertiary/aromatic N) is 3. The molecule has 1 amide bonds. The highest BCUT2D eigenvalue weighted by molar-refractivity contribution is 7.99. The van der Waals surface area contributed by atoms with E-state index in [4.69, 9.17) is 0 Å². The molecule has 0 bridgehead atoms. The fourth-order valence-electron chi connectivity index (χ4n) is 3.10. The maximum Gasteiger partial charge on any atom is 0.230 e. The van der Waals surface area contributed by atoms with Gasteiger partial charge < -0.3 is 9.88 Å². The third-order valence-electron chi connectivity index (χ3n) is 4.63. The van der Waals surface area contributed by atoms with Gasteiger partial charge in [-0.1, -0.05) is 37.6 Å². The minimum absolute atomic E-state index is 0.0987. The van der Waals surface area contributed by atoms with Crippen molar-refractivity contribution >= 4 is 29.0 Å². The molecule has 24 heavy (non-hydrogen) atoms. The highest BCUT2D eigenvalue weighted by Crippen LogP contribution is 2.24. The molecule has 5 nitrogen and oxygen atoms in total. The molecular formula is C17H24N4OS2. The molecule has 3 rings (SSSR count). The molecule has 0 radical (unpaired) electrons. The Bertz CT molecular complexity index is 668. The first kappa shape index (κ1) is 17.5. The second-order valence-electron chi connectivity index (χ2n) is 6.44. The number of hydrogen-bond donors (Lipinski definition) is 1. The number of amides is 1. The van der Waals surface area contributed by atoms with Crippen molar-refractivity contribution in [1.29, 1.82) is 0 Å². The number of hydrogen-bond acceptors (Lipinski definition) is 5. The van der Waals surface area contributed by atoms with Crippen LogP contribution in [0.5, 0.6) is 0 Å². The summed E-state index contributed by atoms with van der Waals surface area (Å²) in [6.45, 7) is 2.23. The number of aromatic nitrogens is 3. The molecule has 2 atom stereocenters. The van der Waals surface area contributed by atoms with Gasteiger partial charge in [-0.15, -0.1) is 21.5 Å². The van der Waals surface area contributed by atoms with Crippen molar-refractivity contribution in [1.82, 2.24) is 20.1 Å². The standard InChI is InChI=1S/C17H24N4OS2/c1-12-6-3-4-8-14(12)18-16(22)11-24-17-20-19-15(21(17)2)10-13-7-5-9-23-13/h5,7,9,12,14H,3-4,6,8,10-11H2,1-2H3,(H,18,22). The Labute approximate surface area is 151 Å². The second kappa shape index (κ2) is 8.16. The minimum atomic E-state index is 0.0987. The van der Waals surface area contributed by atoms with E-state index >= 15 is 0 Å². The smallest absolute Gasteiger partial charge is 0.230 e. The number of thiophene rings is 1. The van der Waals surface area contributed by atoms with Crippen LogP contribution in [-0.4, -0.2) is 32.5 Å². The first-order valence-electron chi connectivity index (χ1n) is 8.46. The molecule has 1 fully saturated rings. The van der Waals surface area contributed by atoms with Gasteiger partial charge in [0, 0.05) is 24.4 Å². The summed E-state index contributed by atoms with van der Waals surface area (Å²) in [6, 6.07) is 4.48. The largest absolute Gasteiger partial charge is 0.352 e. The van der Waals surface area contributed by atoms with Crippen LogP contribution in [0.4, 0.5) is 0 Å². The Hall–Kier alpha value is -1.34. The molecule has 0 saturated heterocycles. The zero-order valence-corrected chi connectivity index (χ0v) is 15.8. The van der Waals surface area contributed by atoms with Crippen molar-refractivity contribution in [2.75, 3.05) is 5.75 Å². The topological polar surface area (TPSA) is 59.8 Å². The first-order chi connectivity index (χ1) is 11.6. The minimum Gasteiger partial charge on any atom is -0.352 e. The van der Waals surface area contributed by atoms with Crippen LogP contribution in [0.2, 0.25) is 0 Å². The van der Waals surface area contributed by atoms with Crippen LogP contribution < -0.4 is 5.32 Å². The predicted octanol–water partition coefficient (Wildman–Crippen LogP) is 3.25.